The Hall–Kier alpha value is -2.38. The van der Waals surface area contributed by atoms with Crippen LogP contribution in [0.4, 0.5) is 5.69 Å². The third kappa shape index (κ3) is 5.41. The highest BCUT2D eigenvalue weighted by molar-refractivity contribution is 7.35. The number of nitrogens with zero attached hydrogens (tertiary/aromatic N) is 3. The zero-order chi connectivity index (χ0) is 23.2. The summed E-state index contributed by atoms with van der Waals surface area (Å²) in [5.41, 5.74) is 3.61. The first-order chi connectivity index (χ1) is 16.1. The Labute approximate surface area is 202 Å². The predicted octanol–water partition coefficient (Wildman–Crippen LogP) is 6.47. The van der Waals surface area contributed by atoms with Gasteiger partial charge in [0.2, 0.25) is 0 Å². The summed E-state index contributed by atoms with van der Waals surface area (Å²) >= 11 is 6.67. The SMILES string of the molecule is CCCCCPNC1CCN(c2c(Cl)cnc3ccc(-c4cccc(C#N)c4O)cc23)CC1. The molecule has 33 heavy (non-hydrogen) atoms. The van der Waals surface area contributed by atoms with Crippen molar-refractivity contribution in [1.82, 2.24) is 10.1 Å². The maximum atomic E-state index is 10.6. The largest absolute Gasteiger partial charge is 0.506 e. The Morgan fingerprint density at radius 3 is 2.82 bits per heavy atom. The average molecular weight is 481 g/mol. The standard InChI is InChI=1S/C26H30ClN4OP/c1-2-3-4-14-33-30-20-10-12-31(13-11-20)25-22-15-18(8-9-24(22)29-17-23(25)27)21-7-5-6-19(16-28)26(21)32/h5-9,15,17,20,30,32-33H,2-4,10-14H2,1H3. The van der Waals surface area contributed by atoms with Crippen LogP contribution in [0.2, 0.25) is 5.02 Å². The molecule has 3 aromatic rings. The molecule has 0 spiro atoms. The topological polar surface area (TPSA) is 72.2 Å². The Morgan fingerprint density at radius 1 is 1.24 bits per heavy atom. The van der Waals surface area contributed by atoms with Crippen LogP contribution < -0.4 is 9.99 Å². The number of anilines is 1. The summed E-state index contributed by atoms with van der Waals surface area (Å²) in [6.07, 6.45) is 9.09. The molecule has 1 aliphatic heterocycles. The third-order valence-corrected chi connectivity index (χ3v) is 7.78. The highest BCUT2D eigenvalue weighted by atomic mass is 35.5. The van der Waals surface area contributed by atoms with Crippen LogP contribution in [-0.4, -0.2) is 35.4 Å². The van der Waals surface area contributed by atoms with Gasteiger partial charge in [0.15, 0.2) is 0 Å². The fraction of sp³-hybridized carbons (Fsp3) is 0.385. The molecule has 1 saturated heterocycles. The van der Waals surface area contributed by atoms with Crippen LogP contribution in [0.5, 0.6) is 5.75 Å². The number of rotatable bonds is 8. The van der Waals surface area contributed by atoms with E-state index in [0.29, 0.717) is 16.6 Å². The van der Waals surface area contributed by atoms with Crippen molar-refractivity contribution in [3.63, 3.8) is 0 Å². The molecule has 0 saturated carbocycles. The van der Waals surface area contributed by atoms with Crippen molar-refractivity contribution in [2.75, 3.05) is 24.2 Å². The highest BCUT2D eigenvalue weighted by Gasteiger charge is 2.23. The summed E-state index contributed by atoms with van der Waals surface area (Å²) in [5.74, 6) is 0.00236. The number of pyridine rings is 1. The van der Waals surface area contributed by atoms with Crippen LogP contribution in [-0.2, 0) is 0 Å². The molecule has 4 rings (SSSR count). The van der Waals surface area contributed by atoms with Gasteiger partial charge in [-0.15, -0.1) is 0 Å². The summed E-state index contributed by atoms with van der Waals surface area (Å²) in [7, 11) is 0.842. The number of nitrogens with one attached hydrogen (secondary N) is 1. The Morgan fingerprint density at radius 2 is 2.06 bits per heavy atom. The van der Waals surface area contributed by atoms with Crippen molar-refractivity contribution in [3.05, 3.63) is 53.2 Å². The lowest BCUT2D eigenvalue weighted by Crippen LogP contribution is -2.40. The van der Waals surface area contributed by atoms with Gasteiger partial charge in [0.1, 0.15) is 11.8 Å². The van der Waals surface area contributed by atoms with E-state index in [1.165, 1.54) is 25.4 Å². The molecule has 0 radical (unpaired) electrons. The number of benzene rings is 2. The second kappa shape index (κ2) is 11.2. The molecule has 1 unspecified atom stereocenters. The number of hydrogen-bond acceptors (Lipinski definition) is 5. The number of halogens is 1. The summed E-state index contributed by atoms with van der Waals surface area (Å²) in [6.45, 7) is 4.12. The maximum absolute atomic E-state index is 10.6. The van der Waals surface area contributed by atoms with E-state index in [9.17, 15) is 10.4 Å². The zero-order valence-electron chi connectivity index (χ0n) is 18.9. The van der Waals surface area contributed by atoms with Gasteiger partial charge in [-0.05, 0) is 49.2 Å². The van der Waals surface area contributed by atoms with Crippen LogP contribution in [0, 0.1) is 11.3 Å². The van der Waals surface area contributed by atoms with Gasteiger partial charge in [-0.2, -0.15) is 5.26 Å². The molecule has 7 heteroatoms. The molecule has 2 heterocycles. The fourth-order valence-corrected chi connectivity index (χ4v) is 5.86. The summed E-state index contributed by atoms with van der Waals surface area (Å²) in [5, 5.41) is 25.2. The second-order valence-corrected chi connectivity index (χ2v) is 10.1. The van der Waals surface area contributed by atoms with E-state index in [4.69, 9.17) is 11.6 Å². The van der Waals surface area contributed by atoms with Gasteiger partial charge in [-0.1, -0.05) is 58.3 Å². The first kappa shape index (κ1) is 23.8. The van der Waals surface area contributed by atoms with E-state index in [-0.39, 0.29) is 11.3 Å². The predicted molar refractivity (Wildman–Crippen MR) is 140 cm³/mol. The van der Waals surface area contributed by atoms with Crippen molar-refractivity contribution in [3.8, 4) is 22.9 Å². The number of fused-ring (bicyclic) bond motifs is 1. The highest BCUT2D eigenvalue weighted by Crippen LogP contribution is 2.39. The molecule has 1 aromatic heterocycles. The van der Waals surface area contributed by atoms with Gasteiger partial charge in [0, 0.05) is 36.3 Å². The minimum Gasteiger partial charge on any atom is -0.506 e. The number of phenols is 1. The van der Waals surface area contributed by atoms with E-state index in [2.05, 4.69) is 21.9 Å². The number of para-hydroxylation sites is 1. The monoisotopic (exact) mass is 480 g/mol. The number of phenolic OH excluding ortho intramolecular Hbond substituents is 1. The van der Waals surface area contributed by atoms with Gasteiger partial charge in [0.05, 0.1) is 21.8 Å². The van der Waals surface area contributed by atoms with Crippen LogP contribution in [0.1, 0.15) is 44.6 Å². The van der Waals surface area contributed by atoms with Crippen molar-refractivity contribution < 1.29 is 5.11 Å². The van der Waals surface area contributed by atoms with Crippen LogP contribution in [0.3, 0.4) is 0 Å². The van der Waals surface area contributed by atoms with Crippen LogP contribution in [0.25, 0.3) is 22.0 Å². The van der Waals surface area contributed by atoms with Crippen LogP contribution in [0.15, 0.2) is 42.6 Å². The third-order valence-electron chi connectivity index (χ3n) is 6.29. The maximum Gasteiger partial charge on any atom is 0.141 e. The molecule has 0 bridgehead atoms. The lowest BCUT2D eigenvalue weighted by molar-refractivity contribution is 0.475. The molecule has 1 atom stereocenters. The molecule has 1 aliphatic rings. The summed E-state index contributed by atoms with van der Waals surface area (Å²) < 4.78 is 0. The summed E-state index contributed by atoms with van der Waals surface area (Å²) in [4.78, 5) is 6.88. The minimum absolute atomic E-state index is 0.00236. The van der Waals surface area contributed by atoms with Gasteiger partial charge >= 0.3 is 0 Å². The van der Waals surface area contributed by atoms with Gasteiger partial charge in [-0.3, -0.25) is 10.1 Å². The normalized spacial score (nSPS) is 14.9. The van der Waals surface area contributed by atoms with E-state index in [1.54, 1.807) is 18.3 Å². The number of piperidine rings is 1. The molecule has 0 amide bonds. The quantitative estimate of drug-likeness (QED) is 0.285. The molecule has 5 nitrogen and oxygen atoms in total. The minimum atomic E-state index is 0.00236. The van der Waals surface area contributed by atoms with Crippen molar-refractivity contribution in [2.24, 2.45) is 0 Å². The van der Waals surface area contributed by atoms with Crippen molar-refractivity contribution >= 4 is 36.9 Å². The molecular formula is C26H30ClN4OP. The first-order valence-electron chi connectivity index (χ1n) is 11.7. The zero-order valence-corrected chi connectivity index (χ0v) is 20.7. The van der Waals surface area contributed by atoms with Crippen molar-refractivity contribution in [1.29, 1.82) is 5.26 Å². The van der Waals surface area contributed by atoms with E-state index in [0.717, 1.165) is 56.8 Å². The van der Waals surface area contributed by atoms with Gasteiger partial charge in [0.25, 0.3) is 0 Å². The molecular weight excluding hydrogens is 451 g/mol. The first-order valence-corrected chi connectivity index (χ1v) is 13.2. The summed E-state index contributed by atoms with van der Waals surface area (Å²) in [6, 6.07) is 13.8. The number of unbranched alkanes of at least 4 members (excludes halogenated alkanes) is 2. The lowest BCUT2D eigenvalue weighted by atomic mass is 9.98. The molecule has 1 fully saturated rings. The number of hydrogen-bond donors (Lipinski definition) is 2. The Bertz CT molecular complexity index is 1150. The molecule has 172 valence electrons. The fourth-order valence-electron chi connectivity index (χ4n) is 4.44. The average Bonchev–Trinajstić information content (AvgIpc) is 2.84. The van der Waals surface area contributed by atoms with Gasteiger partial charge in [-0.25, -0.2) is 0 Å². The molecule has 2 N–H and O–H groups in total. The van der Waals surface area contributed by atoms with Gasteiger partial charge < -0.3 is 10.0 Å². The number of nitriles is 1. The van der Waals surface area contributed by atoms with Crippen molar-refractivity contribution in [2.45, 2.75) is 45.1 Å². The van der Waals surface area contributed by atoms with Crippen LogP contribution >= 0.6 is 20.3 Å². The molecule has 2 aromatic carbocycles. The Balaban J connectivity index is 1.56. The van der Waals surface area contributed by atoms with E-state index < -0.39 is 0 Å². The Kier molecular flexibility index (Phi) is 8.04. The smallest absolute Gasteiger partial charge is 0.141 e. The lowest BCUT2D eigenvalue weighted by Gasteiger charge is -2.35. The second-order valence-electron chi connectivity index (χ2n) is 8.54. The van der Waals surface area contributed by atoms with E-state index in [1.807, 2.05) is 30.3 Å². The number of aromatic nitrogens is 1. The van der Waals surface area contributed by atoms with E-state index >= 15 is 0 Å². The number of aromatic hydroxyl groups is 1. The molecule has 0 aliphatic carbocycles.